The molecule has 0 spiro atoms. The molecule has 1 unspecified atom stereocenters. The number of rotatable bonds is 36. The average molecular weight is 781 g/mol. The summed E-state index contributed by atoms with van der Waals surface area (Å²) in [5.74, 6) is -0.936. The predicted molar refractivity (Wildman–Crippen MR) is 231 cm³/mol. The third kappa shape index (κ3) is 23.2. The molecule has 0 aliphatic heterocycles. The van der Waals surface area contributed by atoms with Crippen molar-refractivity contribution in [2.45, 2.75) is 213 Å². The van der Waals surface area contributed by atoms with Crippen molar-refractivity contribution in [3.05, 3.63) is 42.0 Å². The van der Waals surface area contributed by atoms with Gasteiger partial charge >= 0.3 is 17.9 Å². The number of ether oxygens (including phenoxy) is 4. The summed E-state index contributed by atoms with van der Waals surface area (Å²) in [4.78, 5) is 38.9. The van der Waals surface area contributed by atoms with Crippen LogP contribution in [0.1, 0.15) is 212 Å². The van der Waals surface area contributed by atoms with Gasteiger partial charge in [0.15, 0.2) is 6.10 Å². The number of esters is 3. The van der Waals surface area contributed by atoms with Gasteiger partial charge in [-0.3, -0.25) is 14.4 Å². The summed E-state index contributed by atoms with van der Waals surface area (Å²) in [5, 5.41) is 1.89. The predicted octanol–water partition coefficient (Wildman–Crippen LogP) is 13.9. The average Bonchev–Trinajstić information content (AvgIpc) is 3.21. The van der Waals surface area contributed by atoms with E-state index in [-0.39, 0.29) is 25.2 Å². The lowest BCUT2D eigenvalue weighted by Crippen LogP contribution is -2.32. The Balaban J connectivity index is 1.76. The molecule has 2 aromatic rings. The molecule has 0 heterocycles. The number of benzene rings is 2. The van der Waals surface area contributed by atoms with Gasteiger partial charge in [-0.2, -0.15) is 0 Å². The third-order valence-corrected chi connectivity index (χ3v) is 11.1. The molecular weight excluding hydrogens is 701 g/mol. The van der Waals surface area contributed by atoms with Crippen molar-refractivity contribution < 1.29 is 33.3 Å². The van der Waals surface area contributed by atoms with E-state index in [0.717, 1.165) is 60.6 Å². The molecule has 56 heavy (non-hydrogen) atoms. The molecule has 1 atom stereocenters. The maximum atomic E-state index is 13.5. The van der Waals surface area contributed by atoms with Crippen molar-refractivity contribution in [2.75, 3.05) is 20.3 Å². The zero-order valence-corrected chi connectivity index (χ0v) is 36.2. The second-order valence-corrected chi connectivity index (χ2v) is 16.1. The molecule has 0 amide bonds. The second kappa shape index (κ2) is 32.9. The number of carbonyl (C=O) groups excluding carboxylic acids is 3. The Bertz CT molecular complexity index is 1260. The van der Waals surface area contributed by atoms with E-state index >= 15 is 0 Å². The molecule has 0 bridgehead atoms. The van der Waals surface area contributed by atoms with Crippen LogP contribution in [0.15, 0.2) is 36.4 Å². The lowest BCUT2D eigenvalue weighted by Gasteiger charge is -2.21. The Morgan fingerprint density at radius 2 is 0.946 bits per heavy atom. The Morgan fingerprint density at radius 1 is 0.536 bits per heavy atom. The first-order valence-corrected chi connectivity index (χ1v) is 23.0. The van der Waals surface area contributed by atoms with Gasteiger partial charge in [0.25, 0.3) is 0 Å². The molecule has 318 valence electrons. The number of unbranched alkanes of at least 4 members (excludes halogenated alkanes) is 24. The lowest BCUT2D eigenvalue weighted by molar-refractivity contribution is -0.167. The molecule has 0 aliphatic rings. The summed E-state index contributed by atoms with van der Waals surface area (Å²) in [6, 6.07) is 11.6. The third-order valence-electron chi connectivity index (χ3n) is 11.1. The zero-order chi connectivity index (χ0) is 40.5. The smallest absolute Gasteiger partial charge is 0.313 e. The standard InChI is InChI=1S/C49H80O7/c1-5-7-9-11-13-15-17-19-21-23-25-27-29-34-47(50)54-39-44(40-55-48(51)35-30-28-26-24-22-20-18-16-14-12-10-8-6-2)56-49(52)41(3)45-33-31-32-42-38-43(53-4)36-37-46(42)45/h31-33,36-38,41,44H,5-30,34-35,39-40H2,1-4H3. The molecule has 0 aromatic heterocycles. The lowest BCUT2D eigenvalue weighted by atomic mass is 9.94. The number of fused-ring (bicyclic) bond motifs is 1. The fourth-order valence-electron chi connectivity index (χ4n) is 7.39. The minimum Gasteiger partial charge on any atom is -0.497 e. The van der Waals surface area contributed by atoms with E-state index in [1.54, 1.807) is 14.0 Å². The maximum Gasteiger partial charge on any atom is 0.313 e. The van der Waals surface area contributed by atoms with Gasteiger partial charge in [-0.25, -0.2) is 0 Å². The largest absolute Gasteiger partial charge is 0.497 e. The highest BCUT2D eigenvalue weighted by molar-refractivity contribution is 5.92. The minimum absolute atomic E-state index is 0.144. The number of hydrogen-bond acceptors (Lipinski definition) is 7. The van der Waals surface area contributed by atoms with Crippen molar-refractivity contribution in [1.82, 2.24) is 0 Å². The molecule has 2 rings (SSSR count). The Kier molecular flexibility index (Phi) is 28.9. The summed E-state index contributed by atoms with van der Waals surface area (Å²) < 4.78 is 22.4. The van der Waals surface area contributed by atoms with Gasteiger partial charge in [0.1, 0.15) is 19.0 Å². The zero-order valence-electron chi connectivity index (χ0n) is 36.2. The van der Waals surface area contributed by atoms with Crippen LogP contribution in [0.25, 0.3) is 10.8 Å². The van der Waals surface area contributed by atoms with E-state index in [2.05, 4.69) is 13.8 Å². The summed E-state index contributed by atoms with van der Waals surface area (Å²) in [7, 11) is 1.63. The van der Waals surface area contributed by atoms with Gasteiger partial charge in [-0.05, 0) is 48.2 Å². The molecule has 0 N–H and O–H groups in total. The first-order valence-electron chi connectivity index (χ1n) is 23.0. The second-order valence-electron chi connectivity index (χ2n) is 16.1. The van der Waals surface area contributed by atoms with E-state index in [0.29, 0.717) is 12.8 Å². The molecule has 0 saturated heterocycles. The van der Waals surface area contributed by atoms with Gasteiger partial charge in [0.2, 0.25) is 0 Å². The Labute approximate surface area is 341 Å². The molecule has 0 radical (unpaired) electrons. The summed E-state index contributed by atoms with van der Waals surface area (Å²) in [6.45, 7) is 6.03. The van der Waals surface area contributed by atoms with E-state index in [4.69, 9.17) is 18.9 Å². The maximum absolute atomic E-state index is 13.5. The Hall–Kier alpha value is -3.09. The van der Waals surface area contributed by atoms with Gasteiger partial charge in [-0.15, -0.1) is 0 Å². The minimum atomic E-state index is -0.883. The Morgan fingerprint density at radius 3 is 1.36 bits per heavy atom. The van der Waals surface area contributed by atoms with Crippen LogP contribution in [-0.4, -0.2) is 44.3 Å². The first-order chi connectivity index (χ1) is 27.4. The van der Waals surface area contributed by atoms with E-state index < -0.39 is 18.0 Å². The van der Waals surface area contributed by atoms with Crippen LogP contribution in [0.3, 0.4) is 0 Å². The van der Waals surface area contributed by atoms with Gasteiger partial charge in [0, 0.05) is 12.8 Å². The topological polar surface area (TPSA) is 88.1 Å². The molecule has 2 aromatic carbocycles. The highest BCUT2D eigenvalue weighted by Crippen LogP contribution is 2.29. The summed E-state index contributed by atoms with van der Waals surface area (Å²) in [6.07, 6.45) is 32.0. The SMILES string of the molecule is CCCCCCCCCCCCCCCC(=O)OCC(COC(=O)CCCCCCCCCCCCCCC)OC(=O)C(C)c1cccc2cc(OC)ccc12. The van der Waals surface area contributed by atoms with Crippen molar-refractivity contribution in [2.24, 2.45) is 0 Å². The van der Waals surface area contributed by atoms with Gasteiger partial charge in [0.05, 0.1) is 13.0 Å². The van der Waals surface area contributed by atoms with Crippen LogP contribution >= 0.6 is 0 Å². The molecule has 0 saturated carbocycles. The number of carbonyl (C=O) groups is 3. The van der Waals surface area contributed by atoms with Crippen LogP contribution in [0, 0.1) is 0 Å². The molecule has 0 fully saturated rings. The van der Waals surface area contributed by atoms with Gasteiger partial charge in [-0.1, -0.05) is 192 Å². The molecule has 7 nitrogen and oxygen atoms in total. The van der Waals surface area contributed by atoms with E-state index in [9.17, 15) is 14.4 Å². The van der Waals surface area contributed by atoms with Gasteiger partial charge < -0.3 is 18.9 Å². The van der Waals surface area contributed by atoms with Crippen molar-refractivity contribution in [3.63, 3.8) is 0 Å². The normalized spacial score (nSPS) is 11.9. The summed E-state index contributed by atoms with van der Waals surface area (Å²) in [5.41, 5.74) is 0.827. The molecular formula is C49H80O7. The van der Waals surface area contributed by atoms with Crippen LogP contribution in [0.4, 0.5) is 0 Å². The van der Waals surface area contributed by atoms with Crippen molar-refractivity contribution >= 4 is 28.7 Å². The van der Waals surface area contributed by atoms with Crippen LogP contribution in [0.5, 0.6) is 5.75 Å². The fraction of sp³-hybridized carbons (Fsp3) is 0.735. The highest BCUT2D eigenvalue weighted by atomic mass is 16.6. The number of methoxy groups -OCH3 is 1. The van der Waals surface area contributed by atoms with Crippen molar-refractivity contribution in [3.8, 4) is 5.75 Å². The molecule has 0 aliphatic carbocycles. The number of hydrogen-bond donors (Lipinski definition) is 0. The quantitative estimate of drug-likeness (QED) is 0.0386. The summed E-state index contributed by atoms with van der Waals surface area (Å²) >= 11 is 0. The van der Waals surface area contributed by atoms with Crippen LogP contribution in [-0.2, 0) is 28.6 Å². The van der Waals surface area contributed by atoms with E-state index in [1.165, 1.54) is 128 Å². The van der Waals surface area contributed by atoms with Crippen LogP contribution < -0.4 is 4.74 Å². The monoisotopic (exact) mass is 781 g/mol. The van der Waals surface area contributed by atoms with Crippen LogP contribution in [0.2, 0.25) is 0 Å². The van der Waals surface area contributed by atoms with E-state index in [1.807, 2.05) is 36.4 Å². The highest BCUT2D eigenvalue weighted by Gasteiger charge is 2.25. The van der Waals surface area contributed by atoms with Crippen molar-refractivity contribution in [1.29, 1.82) is 0 Å². The fourth-order valence-corrected chi connectivity index (χ4v) is 7.39. The first kappa shape index (κ1) is 49.1. The molecule has 7 heteroatoms.